The van der Waals surface area contributed by atoms with Gasteiger partial charge in [0.25, 0.3) is 0 Å². The highest BCUT2D eigenvalue weighted by Gasteiger charge is 2.30. The van der Waals surface area contributed by atoms with Gasteiger partial charge in [0, 0.05) is 18.9 Å². The number of hydrogen-bond acceptors (Lipinski definition) is 3. The lowest BCUT2D eigenvalue weighted by Gasteiger charge is -2.32. The summed E-state index contributed by atoms with van der Waals surface area (Å²) >= 11 is 0. The molecule has 1 aliphatic heterocycles. The van der Waals surface area contributed by atoms with Crippen LogP contribution in [-0.4, -0.2) is 30.5 Å². The highest BCUT2D eigenvalue weighted by atomic mass is 16.5. The number of ether oxygens (including phenoxy) is 1. The minimum Gasteiger partial charge on any atom is -0.394 e. The van der Waals surface area contributed by atoms with Crippen LogP contribution < -0.4 is 5.32 Å². The molecule has 0 saturated carbocycles. The standard InChI is InChI=1S/C13H19NO2/c15-11-13(7-4-9-16-10-8-13)14-12-5-2-1-3-6-12/h1-3,5-6,14-15H,4,7-11H2. The van der Waals surface area contributed by atoms with Crippen molar-refractivity contribution in [1.82, 2.24) is 0 Å². The number of aliphatic hydroxyl groups excluding tert-OH is 1. The van der Waals surface area contributed by atoms with Crippen LogP contribution in [0.25, 0.3) is 0 Å². The molecule has 1 aliphatic rings. The molecule has 2 N–H and O–H groups in total. The zero-order valence-corrected chi connectivity index (χ0v) is 9.48. The van der Waals surface area contributed by atoms with Gasteiger partial charge in [0.05, 0.1) is 12.1 Å². The average molecular weight is 221 g/mol. The zero-order valence-electron chi connectivity index (χ0n) is 9.48. The van der Waals surface area contributed by atoms with Gasteiger partial charge in [-0.3, -0.25) is 0 Å². The van der Waals surface area contributed by atoms with E-state index < -0.39 is 0 Å². The first-order valence-corrected chi connectivity index (χ1v) is 5.86. The van der Waals surface area contributed by atoms with Crippen molar-refractivity contribution in [2.24, 2.45) is 0 Å². The summed E-state index contributed by atoms with van der Waals surface area (Å²) in [7, 11) is 0. The quantitative estimate of drug-likeness (QED) is 0.820. The summed E-state index contributed by atoms with van der Waals surface area (Å²) in [6.45, 7) is 1.68. The van der Waals surface area contributed by atoms with Crippen LogP contribution in [0.15, 0.2) is 30.3 Å². The molecule has 1 fully saturated rings. The largest absolute Gasteiger partial charge is 0.394 e. The van der Waals surface area contributed by atoms with Crippen molar-refractivity contribution in [3.63, 3.8) is 0 Å². The topological polar surface area (TPSA) is 41.5 Å². The summed E-state index contributed by atoms with van der Waals surface area (Å²) in [6.07, 6.45) is 2.82. The van der Waals surface area contributed by atoms with E-state index in [9.17, 15) is 5.11 Å². The monoisotopic (exact) mass is 221 g/mol. The normalized spacial score (nSPS) is 26.1. The van der Waals surface area contributed by atoms with Gasteiger partial charge in [-0.1, -0.05) is 18.2 Å². The van der Waals surface area contributed by atoms with E-state index in [0.29, 0.717) is 0 Å². The van der Waals surface area contributed by atoms with Crippen molar-refractivity contribution < 1.29 is 9.84 Å². The Morgan fingerprint density at radius 1 is 1.19 bits per heavy atom. The molecule has 0 bridgehead atoms. The average Bonchev–Trinajstić information content (AvgIpc) is 2.57. The number of para-hydroxylation sites is 1. The molecule has 88 valence electrons. The Labute approximate surface area is 96.4 Å². The Balaban J connectivity index is 2.08. The van der Waals surface area contributed by atoms with Crippen LogP contribution in [0.5, 0.6) is 0 Å². The van der Waals surface area contributed by atoms with Gasteiger partial charge >= 0.3 is 0 Å². The first-order valence-electron chi connectivity index (χ1n) is 5.86. The molecule has 0 radical (unpaired) electrons. The maximum absolute atomic E-state index is 9.61. The summed E-state index contributed by atoms with van der Waals surface area (Å²) in [5.41, 5.74) is 0.858. The molecule has 16 heavy (non-hydrogen) atoms. The van der Waals surface area contributed by atoms with Crippen molar-refractivity contribution in [2.75, 3.05) is 25.1 Å². The Morgan fingerprint density at radius 3 is 2.75 bits per heavy atom. The van der Waals surface area contributed by atoms with Gasteiger partial charge < -0.3 is 15.2 Å². The molecule has 1 aromatic rings. The molecule has 3 heteroatoms. The number of aliphatic hydroxyl groups is 1. The van der Waals surface area contributed by atoms with Crippen LogP contribution in [0.2, 0.25) is 0 Å². The summed E-state index contributed by atoms with van der Waals surface area (Å²) in [6, 6.07) is 10.1. The van der Waals surface area contributed by atoms with Crippen molar-refractivity contribution in [2.45, 2.75) is 24.8 Å². The van der Waals surface area contributed by atoms with Crippen LogP contribution in [0.1, 0.15) is 19.3 Å². The molecular formula is C13H19NO2. The minimum absolute atomic E-state index is 0.158. The van der Waals surface area contributed by atoms with Gasteiger partial charge in [-0.25, -0.2) is 0 Å². The van der Waals surface area contributed by atoms with E-state index in [2.05, 4.69) is 5.32 Å². The van der Waals surface area contributed by atoms with E-state index in [-0.39, 0.29) is 12.1 Å². The van der Waals surface area contributed by atoms with Crippen LogP contribution in [0, 0.1) is 0 Å². The van der Waals surface area contributed by atoms with Crippen molar-refractivity contribution in [3.8, 4) is 0 Å². The van der Waals surface area contributed by atoms with Gasteiger partial charge in [0.15, 0.2) is 0 Å². The number of anilines is 1. The predicted molar refractivity (Wildman–Crippen MR) is 64.6 cm³/mol. The summed E-state index contributed by atoms with van der Waals surface area (Å²) < 4.78 is 5.44. The SMILES string of the molecule is OCC1(Nc2ccccc2)CCCOCC1. The minimum atomic E-state index is -0.210. The molecule has 1 saturated heterocycles. The lowest BCUT2D eigenvalue weighted by molar-refractivity contribution is 0.132. The third kappa shape index (κ3) is 2.74. The molecule has 2 rings (SSSR count). The maximum Gasteiger partial charge on any atom is 0.0662 e. The van der Waals surface area contributed by atoms with Crippen LogP contribution in [-0.2, 0) is 4.74 Å². The van der Waals surface area contributed by atoms with Gasteiger partial charge in [0.2, 0.25) is 0 Å². The van der Waals surface area contributed by atoms with E-state index in [1.807, 2.05) is 30.3 Å². The number of hydrogen-bond donors (Lipinski definition) is 2. The molecule has 1 heterocycles. The highest BCUT2D eigenvalue weighted by Crippen LogP contribution is 2.25. The van der Waals surface area contributed by atoms with Crippen LogP contribution >= 0.6 is 0 Å². The van der Waals surface area contributed by atoms with Gasteiger partial charge in [0.1, 0.15) is 0 Å². The molecule has 0 aromatic heterocycles. The number of rotatable bonds is 3. The number of nitrogens with one attached hydrogen (secondary N) is 1. The number of benzene rings is 1. The van der Waals surface area contributed by atoms with Crippen LogP contribution in [0.3, 0.4) is 0 Å². The Morgan fingerprint density at radius 2 is 2.00 bits per heavy atom. The summed E-state index contributed by atoms with van der Waals surface area (Å²) in [4.78, 5) is 0. The van der Waals surface area contributed by atoms with Crippen molar-refractivity contribution >= 4 is 5.69 Å². The van der Waals surface area contributed by atoms with Crippen LogP contribution in [0.4, 0.5) is 5.69 Å². The van der Waals surface area contributed by atoms with Crippen molar-refractivity contribution in [1.29, 1.82) is 0 Å². The molecule has 1 aromatic carbocycles. The molecular weight excluding hydrogens is 202 g/mol. The van der Waals surface area contributed by atoms with Gasteiger partial charge in [-0.15, -0.1) is 0 Å². The van der Waals surface area contributed by atoms with E-state index in [1.54, 1.807) is 0 Å². The van der Waals surface area contributed by atoms with E-state index in [0.717, 1.165) is 38.2 Å². The summed E-state index contributed by atoms with van der Waals surface area (Å²) in [5.74, 6) is 0. The van der Waals surface area contributed by atoms with Crippen molar-refractivity contribution in [3.05, 3.63) is 30.3 Å². The van der Waals surface area contributed by atoms with E-state index in [4.69, 9.17) is 4.74 Å². The van der Waals surface area contributed by atoms with E-state index in [1.165, 1.54) is 0 Å². The molecule has 0 spiro atoms. The van der Waals surface area contributed by atoms with Gasteiger partial charge in [-0.05, 0) is 31.4 Å². The molecule has 3 nitrogen and oxygen atoms in total. The lowest BCUT2D eigenvalue weighted by Crippen LogP contribution is -2.42. The predicted octanol–water partition coefficient (Wildman–Crippen LogP) is 2.03. The molecule has 0 aliphatic carbocycles. The Hall–Kier alpha value is -1.06. The zero-order chi connectivity index (χ0) is 11.3. The third-order valence-corrected chi connectivity index (χ3v) is 3.15. The maximum atomic E-state index is 9.61. The molecule has 1 atom stereocenters. The van der Waals surface area contributed by atoms with Gasteiger partial charge in [-0.2, -0.15) is 0 Å². The fourth-order valence-corrected chi connectivity index (χ4v) is 2.16. The Kier molecular flexibility index (Phi) is 3.80. The lowest BCUT2D eigenvalue weighted by atomic mass is 9.91. The second kappa shape index (κ2) is 5.32. The van der Waals surface area contributed by atoms with E-state index >= 15 is 0 Å². The summed E-state index contributed by atoms with van der Waals surface area (Å²) in [5, 5.41) is 13.1. The fraction of sp³-hybridized carbons (Fsp3) is 0.538. The smallest absolute Gasteiger partial charge is 0.0662 e. The second-order valence-corrected chi connectivity index (χ2v) is 4.40. The second-order valence-electron chi connectivity index (χ2n) is 4.40. The first kappa shape index (κ1) is 11.4. The first-order chi connectivity index (χ1) is 7.85. The third-order valence-electron chi connectivity index (χ3n) is 3.15. The Bertz CT molecular complexity index is 305. The molecule has 1 unspecified atom stereocenters. The molecule has 0 amide bonds. The highest BCUT2D eigenvalue weighted by molar-refractivity contribution is 5.45. The fourth-order valence-electron chi connectivity index (χ4n) is 2.16.